The highest BCUT2D eigenvalue weighted by Gasteiger charge is 2.04. The molecule has 1 aromatic carbocycles. The quantitative estimate of drug-likeness (QED) is 0.769. The van der Waals surface area contributed by atoms with Gasteiger partial charge in [-0.25, -0.2) is 23.5 Å². The summed E-state index contributed by atoms with van der Waals surface area (Å²) < 4.78 is 26.2. The summed E-state index contributed by atoms with van der Waals surface area (Å²) in [6.07, 6.45) is 4.67. The number of hydrogen-bond acceptors (Lipinski definition) is 6. The average molecular weight is 282 g/mol. The molecule has 4 N–H and O–H groups in total. The van der Waals surface area contributed by atoms with Crippen LogP contribution in [0.15, 0.2) is 47.9 Å². The van der Waals surface area contributed by atoms with Crippen LogP contribution in [0.25, 0.3) is 0 Å². The zero-order valence-corrected chi connectivity index (χ0v) is 11.0. The molecule has 2 aromatic rings. The smallest absolute Gasteiger partial charge is 0.238 e. The molecule has 8 heteroatoms. The molecule has 7 nitrogen and oxygen atoms in total. The SMILES string of the molecule is COc1cncnc1.Nc1ccc(S(N)(=O)=O)cc1. The molecule has 0 unspecified atom stereocenters. The first-order valence-corrected chi connectivity index (χ1v) is 6.65. The minimum atomic E-state index is -3.58. The second-order valence-electron chi connectivity index (χ2n) is 3.39. The minimum absolute atomic E-state index is 0.0756. The summed E-state index contributed by atoms with van der Waals surface area (Å²) in [5, 5.41) is 4.84. The third-order valence-corrected chi connectivity index (χ3v) is 2.91. The predicted molar refractivity (Wildman–Crippen MR) is 70.8 cm³/mol. The Bertz CT molecular complexity index is 600. The Balaban J connectivity index is 0.000000200. The molecule has 0 saturated heterocycles. The topological polar surface area (TPSA) is 121 Å². The van der Waals surface area contributed by atoms with E-state index in [2.05, 4.69) is 9.97 Å². The molecule has 19 heavy (non-hydrogen) atoms. The third-order valence-electron chi connectivity index (χ3n) is 1.98. The number of rotatable bonds is 2. The largest absolute Gasteiger partial charge is 0.494 e. The predicted octanol–water partition coefficient (Wildman–Crippen LogP) is 0.401. The summed E-state index contributed by atoms with van der Waals surface area (Å²) in [6, 6.07) is 5.70. The van der Waals surface area contributed by atoms with Gasteiger partial charge in [0.05, 0.1) is 24.4 Å². The number of nitrogens with zero attached hydrogens (tertiary/aromatic N) is 2. The van der Waals surface area contributed by atoms with E-state index < -0.39 is 10.0 Å². The normalized spacial score (nSPS) is 10.2. The van der Waals surface area contributed by atoms with E-state index in [0.717, 1.165) is 0 Å². The Labute approximate surface area is 111 Å². The first-order valence-electron chi connectivity index (χ1n) is 5.11. The molecule has 0 spiro atoms. The number of methoxy groups -OCH3 is 1. The van der Waals surface area contributed by atoms with Gasteiger partial charge in [-0.1, -0.05) is 0 Å². The van der Waals surface area contributed by atoms with Gasteiger partial charge < -0.3 is 10.5 Å². The van der Waals surface area contributed by atoms with Crippen LogP contribution >= 0.6 is 0 Å². The first-order chi connectivity index (χ1) is 8.93. The number of benzene rings is 1. The van der Waals surface area contributed by atoms with Crippen molar-refractivity contribution in [2.75, 3.05) is 12.8 Å². The number of primary sulfonamides is 1. The summed E-state index contributed by atoms with van der Waals surface area (Å²) in [6.45, 7) is 0. The lowest BCUT2D eigenvalue weighted by atomic mass is 10.3. The van der Waals surface area contributed by atoms with Crippen molar-refractivity contribution in [3.63, 3.8) is 0 Å². The molecule has 1 aromatic heterocycles. The van der Waals surface area contributed by atoms with E-state index in [9.17, 15) is 8.42 Å². The first kappa shape index (κ1) is 14.9. The van der Waals surface area contributed by atoms with Gasteiger partial charge >= 0.3 is 0 Å². The maximum Gasteiger partial charge on any atom is 0.238 e. The molecule has 0 aliphatic heterocycles. The van der Waals surface area contributed by atoms with Crippen LogP contribution in [0.4, 0.5) is 5.69 Å². The lowest BCUT2D eigenvalue weighted by molar-refractivity contribution is 0.410. The molecule has 1 heterocycles. The fourth-order valence-corrected chi connectivity index (χ4v) is 1.56. The molecule has 102 valence electrons. The van der Waals surface area contributed by atoms with Gasteiger partial charge in [0.1, 0.15) is 6.33 Å². The van der Waals surface area contributed by atoms with Crippen molar-refractivity contribution in [2.45, 2.75) is 4.90 Å². The monoisotopic (exact) mass is 282 g/mol. The molecule has 0 saturated carbocycles. The van der Waals surface area contributed by atoms with Crippen LogP contribution in [-0.2, 0) is 10.0 Å². The van der Waals surface area contributed by atoms with Crippen molar-refractivity contribution >= 4 is 15.7 Å². The Morgan fingerprint density at radius 2 is 1.63 bits per heavy atom. The fraction of sp³-hybridized carbons (Fsp3) is 0.0909. The van der Waals surface area contributed by atoms with Gasteiger partial charge in [0.25, 0.3) is 0 Å². The Hall–Kier alpha value is -2.19. The van der Waals surface area contributed by atoms with E-state index in [1.807, 2.05) is 0 Å². The van der Waals surface area contributed by atoms with Crippen molar-refractivity contribution < 1.29 is 13.2 Å². The van der Waals surface area contributed by atoms with Crippen LogP contribution in [0.2, 0.25) is 0 Å². The van der Waals surface area contributed by atoms with Crippen molar-refractivity contribution in [3.8, 4) is 5.75 Å². The van der Waals surface area contributed by atoms with Crippen LogP contribution in [0, 0.1) is 0 Å². The van der Waals surface area contributed by atoms with Crippen LogP contribution < -0.4 is 15.6 Å². The molecule has 2 rings (SSSR count). The van der Waals surface area contributed by atoms with E-state index in [4.69, 9.17) is 15.6 Å². The number of nitrogens with two attached hydrogens (primary N) is 2. The molecule has 0 radical (unpaired) electrons. The highest BCUT2D eigenvalue weighted by molar-refractivity contribution is 7.89. The maximum absolute atomic E-state index is 10.7. The van der Waals surface area contributed by atoms with E-state index >= 15 is 0 Å². The van der Waals surface area contributed by atoms with Crippen LogP contribution in [0.1, 0.15) is 0 Å². The second-order valence-corrected chi connectivity index (χ2v) is 4.95. The Morgan fingerprint density at radius 3 is 2.00 bits per heavy atom. The number of sulfonamides is 1. The van der Waals surface area contributed by atoms with E-state index in [0.29, 0.717) is 11.4 Å². The fourth-order valence-electron chi connectivity index (χ4n) is 1.05. The van der Waals surface area contributed by atoms with Crippen molar-refractivity contribution in [3.05, 3.63) is 43.0 Å². The van der Waals surface area contributed by atoms with E-state index in [-0.39, 0.29) is 4.90 Å². The van der Waals surface area contributed by atoms with Gasteiger partial charge in [-0.2, -0.15) is 0 Å². The summed E-state index contributed by atoms with van der Waals surface area (Å²) in [5.41, 5.74) is 5.85. The number of hydrogen-bond donors (Lipinski definition) is 2. The molecule has 0 atom stereocenters. The van der Waals surface area contributed by atoms with Gasteiger partial charge in [-0.05, 0) is 24.3 Å². The highest BCUT2D eigenvalue weighted by atomic mass is 32.2. The Morgan fingerprint density at radius 1 is 1.11 bits per heavy atom. The summed E-state index contributed by atoms with van der Waals surface area (Å²) in [5.74, 6) is 0.688. The van der Waals surface area contributed by atoms with Crippen LogP contribution in [-0.4, -0.2) is 25.5 Å². The zero-order chi connectivity index (χ0) is 14.3. The van der Waals surface area contributed by atoms with Gasteiger partial charge in [-0.15, -0.1) is 0 Å². The number of ether oxygens (including phenoxy) is 1. The lowest BCUT2D eigenvalue weighted by Gasteiger charge is -1.96. The third kappa shape index (κ3) is 5.32. The maximum atomic E-state index is 10.7. The lowest BCUT2D eigenvalue weighted by Crippen LogP contribution is -2.11. The van der Waals surface area contributed by atoms with Crippen molar-refractivity contribution in [1.82, 2.24) is 9.97 Å². The number of aromatic nitrogens is 2. The van der Waals surface area contributed by atoms with E-state index in [1.54, 1.807) is 19.5 Å². The van der Waals surface area contributed by atoms with Gasteiger partial charge in [-0.3, -0.25) is 0 Å². The molecular weight excluding hydrogens is 268 g/mol. The highest BCUT2D eigenvalue weighted by Crippen LogP contribution is 2.08. The van der Waals surface area contributed by atoms with Gasteiger partial charge in [0.2, 0.25) is 10.0 Å². The zero-order valence-electron chi connectivity index (χ0n) is 10.2. The second kappa shape index (κ2) is 6.66. The van der Waals surface area contributed by atoms with Crippen LogP contribution in [0.3, 0.4) is 0 Å². The summed E-state index contributed by atoms with van der Waals surface area (Å²) in [7, 11) is -1.99. The molecule has 0 fully saturated rings. The minimum Gasteiger partial charge on any atom is -0.494 e. The standard InChI is InChI=1S/C6H8N2O2S.C5H6N2O/c7-5-1-3-6(4-2-5)11(8,9)10;1-8-5-2-6-4-7-3-5/h1-4H,7H2,(H2,8,9,10);2-4H,1H3. The van der Waals surface area contributed by atoms with Gasteiger partial charge in [0.15, 0.2) is 5.75 Å². The molecule has 0 aliphatic carbocycles. The van der Waals surface area contributed by atoms with Crippen molar-refractivity contribution in [1.29, 1.82) is 0 Å². The number of nitrogen functional groups attached to an aromatic ring is 1. The van der Waals surface area contributed by atoms with Gasteiger partial charge in [0, 0.05) is 5.69 Å². The average Bonchev–Trinajstić information content (AvgIpc) is 2.40. The number of anilines is 1. The molecule has 0 amide bonds. The molecule has 0 bridgehead atoms. The Kier molecular flexibility index (Phi) is 5.22. The van der Waals surface area contributed by atoms with Crippen LogP contribution in [0.5, 0.6) is 5.75 Å². The van der Waals surface area contributed by atoms with Crippen molar-refractivity contribution in [2.24, 2.45) is 5.14 Å². The summed E-state index contributed by atoms with van der Waals surface area (Å²) >= 11 is 0. The summed E-state index contributed by atoms with van der Waals surface area (Å²) in [4.78, 5) is 7.51. The molecular formula is C11H14N4O3S. The molecule has 0 aliphatic rings. The van der Waals surface area contributed by atoms with E-state index in [1.165, 1.54) is 30.6 Å².